The first-order valence-electron chi connectivity index (χ1n) is 5.20. The maximum Gasteiger partial charge on any atom is 0.169 e. The molecule has 0 unspecified atom stereocenters. The Morgan fingerprint density at radius 1 is 1.28 bits per heavy atom. The number of benzene rings is 1. The first kappa shape index (κ1) is 13.8. The lowest BCUT2D eigenvalue weighted by Gasteiger charge is -2.06. The third-order valence-electron chi connectivity index (χ3n) is 2.49. The van der Waals surface area contributed by atoms with Crippen LogP contribution in [0.25, 0.3) is 0 Å². The molecule has 1 heterocycles. The molecule has 0 radical (unpaired) electrons. The lowest BCUT2D eigenvalue weighted by Crippen LogP contribution is -2.04. The molecule has 0 N–H and O–H groups in total. The highest BCUT2D eigenvalue weighted by molar-refractivity contribution is 9.10. The minimum absolute atomic E-state index is 0.0731. The van der Waals surface area contributed by atoms with Crippen LogP contribution in [0.15, 0.2) is 38.6 Å². The predicted octanol–water partition coefficient (Wildman–Crippen LogP) is 4.71. The van der Waals surface area contributed by atoms with Gasteiger partial charge in [0.1, 0.15) is 5.75 Å². The summed E-state index contributed by atoms with van der Waals surface area (Å²) in [7, 11) is 1.59. The van der Waals surface area contributed by atoms with Crippen LogP contribution in [-0.4, -0.2) is 12.9 Å². The number of hydrogen-bond acceptors (Lipinski definition) is 3. The molecule has 5 heteroatoms. The van der Waals surface area contributed by atoms with Crippen LogP contribution in [0, 0.1) is 0 Å². The maximum absolute atomic E-state index is 12.3. The molecule has 0 fully saturated rings. The lowest BCUT2D eigenvalue weighted by atomic mass is 10.1. The summed E-state index contributed by atoms with van der Waals surface area (Å²) in [4.78, 5) is 13.3. The predicted molar refractivity (Wildman–Crippen MR) is 80.7 cm³/mol. The Bertz CT molecular complexity index is 578. The van der Waals surface area contributed by atoms with Gasteiger partial charge in [-0.2, -0.15) is 0 Å². The van der Waals surface area contributed by atoms with Crippen molar-refractivity contribution >= 4 is 49.0 Å². The minimum Gasteiger partial charge on any atom is -0.497 e. The molecular formula is C13H10Br2O2S. The van der Waals surface area contributed by atoms with Crippen LogP contribution in [-0.2, 0) is 6.42 Å². The smallest absolute Gasteiger partial charge is 0.169 e. The highest BCUT2D eigenvalue weighted by Crippen LogP contribution is 2.27. The molecule has 0 saturated heterocycles. The van der Waals surface area contributed by atoms with E-state index >= 15 is 0 Å². The van der Waals surface area contributed by atoms with Gasteiger partial charge in [-0.1, -0.05) is 15.9 Å². The summed E-state index contributed by atoms with van der Waals surface area (Å²) in [5, 5.41) is 1.97. The number of thiophene rings is 1. The zero-order valence-electron chi connectivity index (χ0n) is 9.57. The Balaban J connectivity index is 2.26. The quantitative estimate of drug-likeness (QED) is 0.708. The molecule has 0 amide bonds. The van der Waals surface area contributed by atoms with Crippen LogP contribution in [0.5, 0.6) is 5.75 Å². The second-order valence-electron chi connectivity index (χ2n) is 3.64. The van der Waals surface area contributed by atoms with E-state index in [1.165, 1.54) is 0 Å². The first-order valence-corrected chi connectivity index (χ1v) is 7.67. The minimum atomic E-state index is 0.0731. The number of ether oxygens (including phenoxy) is 1. The summed E-state index contributed by atoms with van der Waals surface area (Å²) in [5.41, 5.74) is 0.648. The average Bonchev–Trinajstić information content (AvgIpc) is 2.75. The Morgan fingerprint density at radius 2 is 2.06 bits per heavy atom. The van der Waals surface area contributed by atoms with Crippen molar-refractivity contribution in [3.05, 3.63) is 49.0 Å². The molecule has 1 aromatic carbocycles. The van der Waals surface area contributed by atoms with Gasteiger partial charge in [0.2, 0.25) is 0 Å². The van der Waals surface area contributed by atoms with E-state index in [4.69, 9.17) is 4.74 Å². The van der Waals surface area contributed by atoms with Crippen molar-refractivity contribution in [3.63, 3.8) is 0 Å². The molecule has 0 bridgehead atoms. The van der Waals surface area contributed by atoms with Crippen molar-refractivity contribution in [2.24, 2.45) is 0 Å². The van der Waals surface area contributed by atoms with E-state index in [0.717, 1.165) is 13.8 Å². The van der Waals surface area contributed by atoms with Gasteiger partial charge in [-0.05, 0) is 45.6 Å². The number of carbonyl (C=O) groups is 1. The van der Waals surface area contributed by atoms with Gasteiger partial charge in [0.05, 0.1) is 7.11 Å². The molecule has 18 heavy (non-hydrogen) atoms. The average molecular weight is 390 g/mol. The SMILES string of the molecule is COc1ccc(Br)c(C(=O)Cc2sccc2Br)c1. The van der Waals surface area contributed by atoms with Gasteiger partial charge in [0.15, 0.2) is 5.78 Å². The van der Waals surface area contributed by atoms with Crippen LogP contribution in [0.2, 0.25) is 0 Å². The molecule has 0 aliphatic carbocycles. The monoisotopic (exact) mass is 388 g/mol. The molecule has 0 aliphatic rings. The number of Topliss-reactive ketones (excluding diaryl/α,β-unsaturated/α-hetero) is 1. The number of carbonyl (C=O) groups excluding carboxylic acids is 1. The number of halogens is 2. The molecule has 2 nitrogen and oxygen atoms in total. The van der Waals surface area contributed by atoms with E-state index in [1.54, 1.807) is 24.5 Å². The topological polar surface area (TPSA) is 26.3 Å². The number of methoxy groups -OCH3 is 1. The van der Waals surface area contributed by atoms with Gasteiger partial charge in [0, 0.05) is 25.8 Å². The molecular weight excluding hydrogens is 380 g/mol. The fraction of sp³-hybridized carbons (Fsp3) is 0.154. The van der Waals surface area contributed by atoms with Gasteiger partial charge >= 0.3 is 0 Å². The fourth-order valence-electron chi connectivity index (χ4n) is 1.54. The van der Waals surface area contributed by atoms with Crippen molar-refractivity contribution in [1.82, 2.24) is 0 Å². The highest BCUT2D eigenvalue weighted by atomic mass is 79.9. The van der Waals surface area contributed by atoms with Crippen LogP contribution < -0.4 is 4.74 Å². The maximum atomic E-state index is 12.3. The summed E-state index contributed by atoms with van der Waals surface area (Å²) in [6.45, 7) is 0. The third kappa shape index (κ3) is 3.02. The summed E-state index contributed by atoms with van der Waals surface area (Å²) in [6.07, 6.45) is 0.393. The Kier molecular flexibility index (Phi) is 4.59. The zero-order valence-corrected chi connectivity index (χ0v) is 13.6. The Hall–Kier alpha value is -0.650. The number of rotatable bonds is 4. The molecule has 0 spiro atoms. The van der Waals surface area contributed by atoms with E-state index in [-0.39, 0.29) is 5.78 Å². The summed E-state index contributed by atoms with van der Waals surface area (Å²) in [6, 6.07) is 7.36. The van der Waals surface area contributed by atoms with Crippen molar-refractivity contribution in [2.45, 2.75) is 6.42 Å². The molecule has 0 aliphatic heterocycles. The van der Waals surface area contributed by atoms with Crippen LogP contribution in [0.3, 0.4) is 0 Å². The van der Waals surface area contributed by atoms with Gasteiger partial charge in [-0.3, -0.25) is 4.79 Å². The van der Waals surface area contributed by atoms with E-state index in [2.05, 4.69) is 31.9 Å². The van der Waals surface area contributed by atoms with Gasteiger partial charge in [0.25, 0.3) is 0 Å². The standard InChI is InChI=1S/C13H10Br2O2S/c1-17-8-2-3-10(14)9(6-8)12(16)7-13-11(15)4-5-18-13/h2-6H,7H2,1H3. The van der Waals surface area contributed by atoms with Gasteiger partial charge < -0.3 is 4.74 Å². The van der Waals surface area contributed by atoms with Crippen LogP contribution >= 0.6 is 43.2 Å². The van der Waals surface area contributed by atoms with Crippen molar-refractivity contribution in [3.8, 4) is 5.75 Å². The molecule has 2 aromatic rings. The van der Waals surface area contributed by atoms with Crippen LogP contribution in [0.4, 0.5) is 0 Å². The third-order valence-corrected chi connectivity index (χ3v) is 5.10. The van der Waals surface area contributed by atoms with Crippen molar-refractivity contribution in [1.29, 1.82) is 0 Å². The largest absolute Gasteiger partial charge is 0.497 e. The van der Waals surface area contributed by atoms with E-state index in [9.17, 15) is 4.79 Å². The zero-order chi connectivity index (χ0) is 13.1. The molecule has 0 saturated carbocycles. The molecule has 0 atom stereocenters. The van der Waals surface area contributed by atoms with Crippen molar-refractivity contribution in [2.75, 3.05) is 7.11 Å². The Morgan fingerprint density at radius 3 is 2.67 bits per heavy atom. The lowest BCUT2D eigenvalue weighted by molar-refractivity contribution is 0.0992. The normalized spacial score (nSPS) is 10.4. The molecule has 1 aromatic heterocycles. The van der Waals surface area contributed by atoms with E-state index < -0.39 is 0 Å². The summed E-state index contributed by atoms with van der Waals surface area (Å²) < 4.78 is 6.92. The summed E-state index contributed by atoms with van der Waals surface area (Å²) in [5.74, 6) is 0.760. The molecule has 2 rings (SSSR count). The molecule has 94 valence electrons. The van der Waals surface area contributed by atoms with Gasteiger partial charge in [-0.15, -0.1) is 11.3 Å². The first-order chi connectivity index (χ1) is 8.61. The van der Waals surface area contributed by atoms with E-state index in [0.29, 0.717) is 17.7 Å². The second kappa shape index (κ2) is 5.99. The Labute approximate surface area is 126 Å². The van der Waals surface area contributed by atoms with Gasteiger partial charge in [-0.25, -0.2) is 0 Å². The number of hydrogen-bond donors (Lipinski definition) is 0. The van der Waals surface area contributed by atoms with Crippen LogP contribution in [0.1, 0.15) is 15.2 Å². The van der Waals surface area contributed by atoms with E-state index in [1.807, 2.05) is 23.6 Å². The number of ketones is 1. The van der Waals surface area contributed by atoms with Crippen molar-refractivity contribution < 1.29 is 9.53 Å². The summed E-state index contributed by atoms with van der Waals surface area (Å²) >= 11 is 8.41. The fourth-order valence-corrected chi connectivity index (χ4v) is 3.50. The highest BCUT2D eigenvalue weighted by Gasteiger charge is 2.14. The second-order valence-corrected chi connectivity index (χ2v) is 6.35.